The molecular formula is C9H15N3O4S2. The highest BCUT2D eigenvalue weighted by molar-refractivity contribution is 7.91. The lowest BCUT2D eigenvalue weighted by Crippen LogP contribution is -2.31. The summed E-state index contributed by atoms with van der Waals surface area (Å²) in [6.07, 6.45) is 0.00410. The maximum Gasteiger partial charge on any atom is 0.326 e. The van der Waals surface area contributed by atoms with E-state index < -0.39 is 21.8 Å². The fourth-order valence-corrected chi connectivity index (χ4v) is 2.73. The molecule has 0 amide bonds. The summed E-state index contributed by atoms with van der Waals surface area (Å²) in [7, 11) is -3.17. The third-order valence-electron chi connectivity index (χ3n) is 2.28. The van der Waals surface area contributed by atoms with Crippen LogP contribution in [0.25, 0.3) is 0 Å². The molecule has 0 spiro atoms. The van der Waals surface area contributed by atoms with Gasteiger partial charge < -0.3 is 10.4 Å². The Morgan fingerprint density at radius 3 is 2.61 bits per heavy atom. The van der Waals surface area contributed by atoms with Gasteiger partial charge >= 0.3 is 5.97 Å². The van der Waals surface area contributed by atoms with E-state index in [0.29, 0.717) is 10.1 Å². The first-order chi connectivity index (χ1) is 8.34. The fraction of sp³-hybridized carbons (Fsp3) is 0.667. The van der Waals surface area contributed by atoms with Gasteiger partial charge in [0.15, 0.2) is 0 Å². The number of aromatic nitrogens is 2. The molecule has 1 aromatic rings. The van der Waals surface area contributed by atoms with Gasteiger partial charge in [-0.3, -0.25) is 0 Å². The first-order valence-corrected chi connectivity index (χ1v) is 7.97. The second-order valence-corrected chi connectivity index (χ2v) is 7.34. The van der Waals surface area contributed by atoms with E-state index >= 15 is 0 Å². The quantitative estimate of drug-likeness (QED) is 0.755. The molecule has 1 heterocycles. The predicted octanol–water partition coefficient (Wildman–Crippen LogP) is 0.536. The maximum atomic E-state index is 11.3. The van der Waals surface area contributed by atoms with Gasteiger partial charge in [-0.1, -0.05) is 18.3 Å². The van der Waals surface area contributed by atoms with E-state index in [9.17, 15) is 13.2 Å². The summed E-state index contributed by atoms with van der Waals surface area (Å²) in [4.78, 5) is 11.0. The van der Waals surface area contributed by atoms with E-state index in [-0.39, 0.29) is 17.9 Å². The number of rotatable bonds is 7. The number of hydrogen-bond acceptors (Lipinski definition) is 7. The minimum absolute atomic E-state index is 0.00410. The molecule has 9 heteroatoms. The number of aryl methyl sites for hydroxylation is 1. The van der Waals surface area contributed by atoms with Crippen LogP contribution in [0.5, 0.6) is 0 Å². The smallest absolute Gasteiger partial charge is 0.326 e. The van der Waals surface area contributed by atoms with Crippen molar-refractivity contribution in [1.82, 2.24) is 10.2 Å². The Labute approximate surface area is 109 Å². The minimum Gasteiger partial charge on any atom is -0.480 e. The molecule has 1 rings (SSSR count). The molecule has 0 bridgehead atoms. The zero-order chi connectivity index (χ0) is 13.8. The molecule has 0 aliphatic heterocycles. The highest BCUT2D eigenvalue weighted by Crippen LogP contribution is 2.16. The summed E-state index contributed by atoms with van der Waals surface area (Å²) >= 11 is 1.23. The van der Waals surface area contributed by atoms with E-state index in [1.165, 1.54) is 18.3 Å². The molecular weight excluding hydrogens is 278 g/mol. The van der Waals surface area contributed by atoms with Gasteiger partial charge in [0.25, 0.3) is 0 Å². The van der Waals surface area contributed by atoms with E-state index in [0.717, 1.165) is 0 Å². The van der Waals surface area contributed by atoms with Crippen LogP contribution in [-0.2, 0) is 14.6 Å². The van der Waals surface area contributed by atoms with Gasteiger partial charge in [-0.2, -0.15) is 0 Å². The zero-order valence-electron chi connectivity index (χ0n) is 10.1. The number of carboxylic acids is 1. The Morgan fingerprint density at radius 2 is 2.17 bits per heavy atom. The van der Waals surface area contributed by atoms with Crippen LogP contribution in [0.4, 0.5) is 5.13 Å². The molecule has 0 saturated carbocycles. The lowest BCUT2D eigenvalue weighted by Gasteiger charge is -2.12. The monoisotopic (exact) mass is 293 g/mol. The number of carbonyl (C=O) groups is 1. The van der Waals surface area contributed by atoms with Gasteiger partial charge in [-0.25, -0.2) is 13.2 Å². The van der Waals surface area contributed by atoms with Gasteiger partial charge in [0, 0.05) is 5.75 Å². The Bertz CT molecular complexity index is 512. The van der Waals surface area contributed by atoms with Crippen molar-refractivity contribution in [2.75, 3.05) is 16.8 Å². The van der Waals surface area contributed by atoms with Crippen LogP contribution in [0.2, 0.25) is 0 Å². The number of hydrogen-bond donors (Lipinski definition) is 2. The lowest BCUT2D eigenvalue weighted by atomic mass is 10.2. The molecule has 0 aliphatic rings. The zero-order valence-corrected chi connectivity index (χ0v) is 11.7. The van der Waals surface area contributed by atoms with Crippen LogP contribution in [-0.4, -0.2) is 47.2 Å². The maximum absolute atomic E-state index is 11.3. The predicted molar refractivity (Wildman–Crippen MR) is 68.6 cm³/mol. The summed E-state index contributed by atoms with van der Waals surface area (Å²) < 4.78 is 22.7. The summed E-state index contributed by atoms with van der Waals surface area (Å²) in [5.74, 6) is -1.25. The minimum atomic E-state index is -3.17. The molecule has 0 aliphatic carbocycles. The third kappa shape index (κ3) is 4.57. The topological polar surface area (TPSA) is 109 Å². The van der Waals surface area contributed by atoms with Crippen LogP contribution >= 0.6 is 11.3 Å². The molecule has 1 unspecified atom stereocenters. The number of nitrogens with one attached hydrogen (secondary N) is 1. The molecule has 0 saturated heterocycles. The molecule has 102 valence electrons. The van der Waals surface area contributed by atoms with Crippen LogP contribution < -0.4 is 5.32 Å². The summed E-state index contributed by atoms with van der Waals surface area (Å²) in [6.45, 7) is 3.28. The number of anilines is 1. The van der Waals surface area contributed by atoms with Crippen LogP contribution in [0.1, 0.15) is 18.4 Å². The summed E-state index contributed by atoms with van der Waals surface area (Å²) in [5, 5.41) is 20.3. The largest absolute Gasteiger partial charge is 0.480 e. The van der Waals surface area contributed by atoms with Gasteiger partial charge in [0.1, 0.15) is 20.9 Å². The van der Waals surface area contributed by atoms with Crippen molar-refractivity contribution in [2.24, 2.45) is 0 Å². The van der Waals surface area contributed by atoms with Crippen molar-refractivity contribution in [3.8, 4) is 0 Å². The SMILES string of the molecule is CCS(=O)(=O)CCC(Nc1nnc(C)s1)C(=O)O. The van der Waals surface area contributed by atoms with E-state index in [1.54, 1.807) is 6.92 Å². The van der Waals surface area contributed by atoms with Crippen LogP contribution in [0.3, 0.4) is 0 Å². The molecule has 2 N–H and O–H groups in total. The molecule has 0 fully saturated rings. The average Bonchev–Trinajstić information content (AvgIpc) is 2.70. The Balaban J connectivity index is 2.64. The Kier molecular flexibility index (Phi) is 5.03. The van der Waals surface area contributed by atoms with Gasteiger partial charge in [0.2, 0.25) is 5.13 Å². The fourth-order valence-electron chi connectivity index (χ4n) is 1.20. The van der Waals surface area contributed by atoms with Crippen LogP contribution in [0, 0.1) is 6.92 Å². The molecule has 1 atom stereocenters. The molecule has 1 aromatic heterocycles. The lowest BCUT2D eigenvalue weighted by molar-refractivity contribution is -0.137. The standard InChI is InChI=1S/C9H15N3O4S2/c1-3-18(15,16)5-4-7(8(13)14)10-9-12-11-6(2)17-9/h7H,3-5H2,1-2H3,(H,10,12)(H,13,14). The third-order valence-corrected chi connectivity index (χ3v) is 4.79. The van der Waals surface area contributed by atoms with E-state index in [2.05, 4.69) is 15.5 Å². The second kappa shape index (κ2) is 6.10. The Hall–Kier alpha value is -1.22. The van der Waals surface area contributed by atoms with Crippen molar-refractivity contribution >= 4 is 32.3 Å². The van der Waals surface area contributed by atoms with Crippen LogP contribution in [0.15, 0.2) is 0 Å². The van der Waals surface area contributed by atoms with Crippen molar-refractivity contribution in [3.05, 3.63) is 5.01 Å². The molecule has 18 heavy (non-hydrogen) atoms. The number of sulfone groups is 1. The highest BCUT2D eigenvalue weighted by atomic mass is 32.2. The van der Waals surface area contributed by atoms with Crippen molar-refractivity contribution in [1.29, 1.82) is 0 Å². The summed E-state index contributed by atoms with van der Waals surface area (Å²) in [6, 6.07) is -0.973. The van der Waals surface area contributed by atoms with Gasteiger partial charge in [-0.15, -0.1) is 10.2 Å². The highest BCUT2D eigenvalue weighted by Gasteiger charge is 2.21. The first-order valence-electron chi connectivity index (χ1n) is 5.34. The van der Waals surface area contributed by atoms with Crippen molar-refractivity contribution in [3.63, 3.8) is 0 Å². The van der Waals surface area contributed by atoms with E-state index in [4.69, 9.17) is 5.11 Å². The molecule has 0 radical (unpaired) electrons. The van der Waals surface area contributed by atoms with Gasteiger partial charge in [0.05, 0.1) is 5.75 Å². The average molecular weight is 293 g/mol. The van der Waals surface area contributed by atoms with Crippen molar-refractivity contribution in [2.45, 2.75) is 26.3 Å². The normalized spacial score (nSPS) is 13.2. The van der Waals surface area contributed by atoms with E-state index in [1.807, 2.05) is 0 Å². The second-order valence-electron chi connectivity index (χ2n) is 3.69. The molecule has 7 nitrogen and oxygen atoms in total. The van der Waals surface area contributed by atoms with Crippen molar-refractivity contribution < 1.29 is 18.3 Å². The van der Waals surface area contributed by atoms with Gasteiger partial charge in [-0.05, 0) is 13.3 Å². The first kappa shape index (κ1) is 14.8. The number of nitrogens with zero attached hydrogens (tertiary/aromatic N) is 2. The number of carboxylic acid groups (broad SMARTS) is 1. The Morgan fingerprint density at radius 1 is 1.50 bits per heavy atom. The number of aliphatic carboxylic acids is 1. The molecule has 0 aromatic carbocycles. The summed E-state index contributed by atoms with van der Waals surface area (Å²) in [5.41, 5.74) is 0.